The minimum Gasteiger partial charge on any atom is -0.320 e. The Kier molecular flexibility index (Phi) is 4.72. The van der Waals surface area contributed by atoms with E-state index in [0.717, 1.165) is 8.66 Å². The lowest BCUT2D eigenvalue weighted by Gasteiger charge is -2.15. The molecule has 1 unspecified atom stereocenters. The number of nitrogens with one attached hydrogen (secondary N) is 1. The van der Waals surface area contributed by atoms with E-state index >= 15 is 0 Å². The Balaban J connectivity index is 2.48. The van der Waals surface area contributed by atoms with Crippen molar-refractivity contribution >= 4 is 33.2 Å². The molecule has 1 atom stereocenters. The predicted molar refractivity (Wildman–Crippen MR) is 65.5 cm³/mol. The van der Waals surface area contributed by atoms with E-state index in [4.69, 9.17) is 5.73 Å². The maximum Gasteiger partial charge on any atom is 0.251 e. The zero-order valence-electron chi connectivity index (χ0n) is 8.66. The molecule has 1 aromatic rings. The van der Waals surface area contributed by atoms with Crippen molar-refractivity contribution in [1.29, 1.82) is 0 Å². The lowest BCUT2D eigenvalue weighted by molar-refractivity contribution is -0.126. The first-order chi connectivity index (χ1) is 6.99. The fraction of sp³-hybridized carbons (Fsp3) is 0.444. The number of nitrogens with two attached hydrogens (primary N) is 1. The van der Waals surface area contributed by atoms with Gasteiger partial charge in [-0.15, -0.1) is 11.3 Å². The maximum atomic E-state index is 11.5. The molecule has 0 radical (unpaired) electrons. The van der Waals surface area contributed by atoms with E-state index in [2.05, 4.69) is 21.4 Å². The van der Waals surface area contributed by atoms with Crippen LogP contribution in [0.2, 0.25) is 0 Å². The van der Waals surface area contributed by atoms with Crippen LogP contribution < -0.4 is 11.2 Å². The lowest BCUT2D eigenvalue weighted by Crippen LogP contribution is -2.47. The van der Waals surface area contributed by atoms with Gasteiger partial charge in [0.05, 0.1) is 9.83 Å². The minimum atomic E-state index is -0.502. The zero-order valence-corrected chi connectivity index (χ0v) is 11.1. The van der Waals surface area contributed by atoms with E-state index in [-0.39, 0.29) is 5.91 Å². The van der Waals surface area contributed by atoms with Crippen molar-refractivity contribution in [2.45, 2.75) is 12.5 Å². The summed E-state index contributed by atoms with van der Waals surface area (Å²) in [5, 5.41) is 1.59. The molecule has 0 aliphatic heterocycles. The molecule has 0 aromatic carbocycles. The summed E-state index contributed by atoms with van der Waals surface area (Å²) in [7, 11) is 3.51. The highest BCUT2D eigenvalue weighted by molar-refractivity contribution is 9.11. The second-order valence-electron chi connectivity index (χ2n) is 3.39. The van der Waals surface area contributed by atoms with Crippen molar-refractivity contribution in [3.63, 3.8) is 0 Å². The molecule has 0 spiro atoms. The van der Waals surface area contributed by atoms with Gasteiger partial charge in [0.15, 0.2) is 0 Å². The molecular weight excluding hydrogens is 278 g/mol. The van der Waals surface area contributed by atoms with Crippen LogP contribution in [0.3, 0.4) is 0 Å². The number of nitrogens with zero attached hydrogens (tertiary/aromatic N) is 1. The summed E-state index contributed by atoms with van der Waals surface area (Å²) in [6.45, 7) is 0. The van der Waals surface area contributed by atoms with Crippen molar-refractivity contribution < 1.29 is 4.79 Å². The van der Waals surface area contributed by atoms with Crippen molar-refractivity contribution in [2.24, 2.45) is 5.73 Å². The predicted octanol–water partition coefficient (Wildman–Crippen LogP) is 0.973. The van der Waals surface area contributed by atoms with Crippen LogP contribution in [-0.4, -0.2) is 31.1 Å². The van der Waals surface area contributed by atoms with E-state index in [1.807, 2.05) is 12.1 Å². The summed E-state index contributed by atoms with van der Waals surface area (Å²) in [6.07, 6.45) is 0.565. The molecule has 1 amide bonds. The number of hydrazine groups is 1. The van der Waals surface area contributed by atoms with E-state index in [1.165, 1.54) is 0 Å². The van der Waals surface area contributed by atoms with Crippen LogP contribution in [0.15, 0.2) is 15.9 Å². The number of hydrogen-bond acceptors (Lipinski definition) is 4. The number of amides is 1. The Morgan fingerprint density at radius 3 is 2.80 bits per heavy atom. The number of hydrogen-bond donors (Lipinski definition) is 2. The molecule has 0 saturated heterocycles. The number of halogens is 1. The third-order valence-electron chi connectivity index (χ3n) is 1.72. The SMILES string of the molecule is CN(C)NC(=O)C(N)Cc1ccc(Br)s1. The first-order valence-corrected chi connectivity index (χ1v) is 6.07. The molecular formula is C9H14BrN3OS. The Labute approximate surface area is 102 Å². The van der Waals surface area contributed by atoms with Crippen molar-refractivity contribution in [1.82, 2.24) is 10.4 Å². The molecule has 1 rings (SSSR count). The highest BCUT2D eigenvalue weighted by Crippen LogP contribution is 2.22. The molecule has 0 aliphatic rings. The van der Waals surface area contributed by atoms with Gasteiger partial charge in [-0.05, 0) is 28.1 Å². The van der Waals surface area contributed by atoms with Crippen LogP contribution in [0.5, 0.6) is 0 Å². The monoisotopic (exact) mass is 291 g/mol. The Morgan fingerprint density at radius 2 is 2.33 bits per heavy atom. The Hall–Kier alpha value is -0.430. The smallest absolute Gasteiger partial charge is 0.251 e. The highest BCUT2D eigenvalue weighted by Gasteiger charge is 2.15. The van der Waals surface area contributed by atoms with Gasteiger partial charge in [-0.2, -0.15) is 0 Å². The van der Waals surface area contributed by atoms with E-state index in [0.29, 0.717) is 6.42 Å². The highest BCUT2D eigenvalue weighted by atomic mass is 79.9. The number of thiophene rings is 1. The van der Waals surface area contributed by atoms with Crippen molar-refractivity contribution in [3.05, 3.63) is 20.8 Å². The molecule has 84 valence electrons. The topological polar surface area (TPSA) is 58.4 Å². The van der Waals surface area contributed by atoms with Crippen LogP contribution in [-0.2, 0) is 11.2 Å². The van der Waals surface area contributed by atoms with E-state index < -0.39 is 6.04 Å². The standard InChI is InChI=1S/C9H14BrN3OS/c1-13(2)12-9(14)7(11)5-6-3-4-8(10)15-6/h3-4,7H,5,11H2,1-2H3,(H,12,14). The summed E-state index contributed by atoms with van der Waals surface area (Å²) in [6, 6.07) is 3.42. The van der Waals surface area contributed by atoms with Crippen LogP contribution in [0.4, 0.5) is 0 Å². The number of carbonyl (C=O) groups excluding carboxylic acids is 1. The van der Waals surface area contributed by atoms with Gasteiger partial charge >= 0.3 is 0 Å². The van der Waals surface area contributed by atoms with Gasteiger partial charge < -0.3 is 5.73 Å². The zero-order chi connectivity index (χ0) is 11.4. The first kappa shape index (κ1) is 12.6. The van der Waals surface area contributed by atoms with Crippen LogP contribution in [0.1, 0.15) is 4.88 Å². The third kappa shape index (κ3) is 4.29. The first-order valence-electron chi connectivity index (χ1n) is 4.46. The molecule has 1 aromatic heterocycles. The van der Waals surface area contributed by atoms with Gasteiger partial charge in [0.25, 0.3) is 5.91 Å². The van der Waals surface area contributed by atoms with Gasteiger partial charge in [0, 0.05) is 25.4 Å². The molecule has 0 bridgehead atoms. The molecule has 1 heterocycles. The largest absolute Gasteiger partial charge is 0.320 e. The van der Waals surface area contributed by atoms with Crippen LogP contribution in [0, 0.1) is 0 Å². The third-order valence-corrected chi connectivity index (χ3v) is 3.37. The molecule has 15 heavy (non-hydrogen) atoms. The van der Waals surface area contributed by atoms with Gasteiger partial charge in [-0.25, -0.2) is 5.01 Å². The average molecular weight is 292 g/mol. The van der Waals surface area contributed by atoms with Crippen molar-refractivity contribution in [3.8, 4) is 0 Å². The minimum absolute atomic E-state index is 0.162. The number of rotatable bonds is 4. The van der Waals surface area contributed by atoms with Gasteiger partial charge in [-0.1, -0.05) is 0 Å². The van der Waals surface area contributed by atoms with Crippen LogP contribution in [0.25, 0.3) is 0 Å². The maximum absolute atomic E-state index is 11.5. The second kappa shape index (κ2) is 5.60. The molecule has 6 heteroatoms. The lowest BCUT2D eigenvalue weighted by atomic mass is 10.2. The molecule has 4 nitrogen and oxygen atoms in total. The second-order valence-corrected chi connectivity index (χ2v) is 5.93. The normalized spacial score (nSPS) is 12.9. The quantitative estimate of drug-likeness (QED) is 0.813. The average Bonchev–Trinajstić information content (AvgIpc) is 2.50. The van der Waals surface area contributed by atoms with Gasteiger partial charge in [0.2, 0.25) is 0 Å². The summed E-state index contributed by atoms with van der Waals surface area (Å²) in [4.78, 5) is 12.6. The Bertz CT molecular complexity index is 340. The fourth-order valence-corrected chi connectivity index (χ4v) is 2.62. The van der Waals surface area contributed by atoms with Gasteiger partial charge in [-0.3, -0.25) is 10.2 Å². The summed E-state index contributed by atoms with van der Waals surface area (Å²) in [5.41, 5.74) is 8.39. The van der Waals surface area contributed by atoms with Gasteiger partial charge in [0.1, 0.15) is 0 Å². The van der Waals surface area contributed by atoms with E-state index in [9.17, 15) is 4.79 Å². The molecule has 0 fully saturated rings. The molecule has 3 N–H and O–H groups in total. The Morgan fingerprint density at radius 1 is 1.67 bits per heavy atom. The summed E-state index contributed by atoms with van der Waals surface area (Å²) >= 11 is 4.96. The summed E-state index contributed by atoms with van der Waals surface area (Å²) < 4.78 is 1.05. The number of carbonyl (C=O) groups is 1. The molecule has 0 saturated carbocycles. The van der Waals surface area contributed by atoms with E-state index in [1.54, 1.807) is 30.4 Å². The summed E-state index contributed by atoms with van der Waals surface area (Å²) in [5.74, 6) is -0.162. The van der Waals surface area contributed by atoms with Crippen LogP contribution >= 0.6 is 27.3 Å². The fourth-order valence-electron chi connectivity index (χ4n) is 1.07. The van der Waals surface area contributed by atoms with Crippen molar-refractivity contribution in [2.75, 3.05) is 14.1 Å². The molecule has 0 aliphatic carbocycles.